The number of piperazine rings is 1. The molecule has 3 aromatic heterocycles. The summed E-state index contributed by atoms with van der Waals surface area (Å²) in [5, 5.41) is 0.957. The van der Waals surface area contributed by atoms with Crippen LogP contribution in [0, 0.1) is 0 Å². The Morgan fingerprint density at radius 2 is 1.41 bits per heavy atom. The maximum atomic E-state index is 12.8. The van der Waals surface area contributed by atoms with E-state index in [4.69, 9.17) is 4.98 Å². The Balaban J connectivity index is 1.08. The summed E-state index contributed by atoms with van der Waals surface area (Å²) in [6, 6.07) is 5.66. The zero-order valence-electron chi connectivity index (χ0n) is 19.0. The van der Waals surface area contributed by atoms with E-state index in [0.29, 0.717) is 45.2 Å². The van der Waals surface area contributed by atoms with Crippen molar-refractivity contribution in [2.24, 2.45) is 0 Å². The van der Waals surface area contributed by atoms with Gasteiger partial charge in [-0.3, -0.25) is 9.59 Å². The van der Waals surface area contributed by atoms with Crippen molar-refractivity contribution in [3.05, 3.63) is 36.8 Å². The van der Waals surface area contributed by atoms with Crippen LogP contribution < -0.4 is 9.80 Å². The highest BCUT2D eigenvalue weighted by Gasteiger charge is 2.25. The van der Waals surface area contributed by atoms with E-state index in [1.54, 1.807) is 36.0 Å². The maximum absolute atomic E-state index is 12.8. The molecule has 0 radical (unpaired) electrons. The van der Waals surface area contributed by atoms with Gasteiger partial charge in [0.1, 0.15) is 10.3 Å². The highest BCUT2D eigenvalue weighted by Crippen LogP contribution is 2.27. The largest absolute Gasteiger partial charge is 0.346 e. The minimum atomic E-state index is 0.0420. The van der Waals surface area contributed by atoms with Crippen LogP contribution in [-0.4, -0.2) is 93.9 Å². The second-order valence-electron chi connectivity index (χ2n) is 8.46. The molecule has 0 aliphatic carbocycles. The van der Waals surface area contributed by atoms with E-state index in [0.717, 1.165) is 35.0 Å². The topological polar surface area (TPSA) is 98.7 Å². The zero-order chi connectivity index (χ0) is 23.3. The molecule has 3 aromatic rings. The Morgan fingerprint density at radius 1 is 0.765 bits per heavy atom. The third-order valence-electron chi connectivity index (χ3n) is 6.29. The fourth-order valence-corrected chi connectivity index (χ4v) is 5.35. The Kier molecular flexibility index (Phi) is 6.79. The van der Waals surface area contributed by atoms with Gasteiger partial charge in [-0.2, -0.15) is 0 Å². The molecule has 2 aliphatic rings. The van der Waals surface area contributed by atoms with E-state index in [-0.39, 0.29) is 24.7 Å². The molecule has 0 N–H and O–H groups in total. The molecule has 2 amide bonds. The van der Waals surface area contributed by atoms with Gasteiger partial charge in [-0.05, 0) is 24.6 Å². The number of nitrogens with zero attached hydrogens (tertiary/aromatic N) is 8. The first-order valence-corrected chi connectivity index (χ1v) is 12.5. The Bertz CT molecular complexity index is 1100. The normalized spacial score (nSPS) is 17.2. The maximum Gasteiger partial charge on any atom is 0.225 e. The van der Waals surface area contributed by atoms with Crippen LogP contribution in [0.15, 0.2) is 36.8 Å². The first-order valence-electron chi connectivity index (χ1n) is 11.7. The molecule has 2 fully saturated rings. The van der Waals surface area contributed by atoms with Gasteiger partial charge in [-0.25, -0.2) is 19.9 Å². The summed E-state index contributed by atoms with van der Waals surface area (Å²) in [6.45, 7) is 5.61. The summed E-state index contributed by atoms with van der Waals surface area (Å²) in [4.78, 5) is 52.2. The first kappa shape index (κ1) is 22.5. The van der Waals surface area contributed by atoms with Gasteiger partial charge in [0.15, 0.2) is 5.13 Å². The van der Waals surface area contributed by atoms with Crippen LogP contribution in [0.2, 0.25) is 0 Å². The molecule has 5 heterocycles. The third kappa shape index (κ3) is 5.09. The first-order chi connectivity index (χ1) is 16.7. The van der Waals surface area contributed by atoms with Gasteiger partial charge >= 0.3 is 0 Å². The predicted octanol–water partition coefficient (Wildman–Crippen LogP) is 1.65. The average molecular weight is 481 g/mol. The van der Waals surface area contributed by atoms with Crippen LogP contribution >= 0.6 is 11.3 Å². The van der Waals surface area contributed by atoms with Crippen LogP contribution in [0.1, 0.15) is 19.3 Å². The molecule has 0 atom stereocenters. The smallest absolute Gasteiger partial charge is 0.225 e. The van der Waals surface area contributed by atoms with E-state index in [1.165, 1.54) is 0 Å². The molecule has 2 aliphatic heterocycles. The van der Waals surface area contributed by atoms with Crippen molar-refractivity contribution in [3.63, 3.8) is 0 Å². The van der Waals surface area contributed by atoms with Gasteiger partial charge in [0.25, 0.3) is 0 Å². The lowest BCUT2D eigenvalue weighted by atomic mass is 10.2. The number of thiazole rings is 1. The van der Waals surface area contributed by atoms with E-state index < -0.39 is 0 Å². The van der Waals surface area contributed by atoms with Crippen molar-refractivity contribution < 1.29 is 9.59 Å². The highest BCUT2D eigenvalue weighted by atomic mass is 32.1. The Morgan fingerprint density at radius 3 is 2.12 bits per heavy atom. The van der Waals surface area contributed by atoms with Crippen molar-refractivity contribution in [3.8, 4) is 0 Å². The SMILES string of the molecule is O=C(CCC(=O)N1CCCN(c2nc3cccnc3s2)CC1)N1CCN(c2ncccn2)CC1. The minimum absolute atomic E-state index is 0.0420. The van der Waals surface area contributed by atoms with Crippen LogP contribution in [0.25, 0.3) is 10.3 Å². The number of aromatic nitrogens is 4. The lowest BCUT2D eigenvalue weighted by molar-refractivity contribution is -0.137. The summed E-state index contributed by atoms with van der Waals surface area (Å²) in [5.74, 6) is 0.792. The lowest BCUT2D eigenvalue weighted by Gasteiger charge is -2.34. The quantitative estimate of drug-likeness (QED) is 0.544. The van der Waals surface area contributed by atoms with E-state index >= 15 is 0 Å². The zero-order valence-corrected chi connectivity index (χ0v) is 19.9. The van der Waals surface area contributed by atoms with E-state index in [1.807, 2.05) is 21.9 Å². The summed E-state index contributed by atoms with van der Waals surface area (Å²) >= 11 is 1.59. The fourth-order valence-electron chi connectivity index (χ4n) is 4.39. The molecular formula is C23H28N8O2S. The molecule has 0 bridgehead atoms. The second-order valence-corrected chi connectivity index (χ2v) is 9.42. The summed E-state index contributed by atoms with van der Waals surface area (Å²) < 4.78 is 0. The second kappa shape index (κ2) is 10.3. The number of carbonyl (C=O) groups excluding carboxylic acids is 2. The number of carbonyl (C=O) groups is 2. The standard InChI is InChI=1S/C23H28N8O2S/c32-19(5-6-20(33)29-12-15-30(16-13-29)22-25-8-2-9-26-22)28-10-3-11-31(17-14-28)23-27-18-4-1-7-24-21(18)34-23/h1-2,4,7-9H,3,5-6,10-17H2. The van der Waals surface area contributed by atoms with Gasteiger partial charge in [0.05, 0.1) is 0 Å². The molecule has 2 saturated heterocycles. The molecular weight excluding hydrogens is 452 g/mol. The number of rotatable bonds is 5. The van der Waals surface area contributed by atoms with Crippen LogP contribution in [-0.2, 0) is 9.59 Å². The number of amides is 2. The fraction of sp³-hybridized carbons (Fsp3) is 0.478. The number of anilines is 2. The monoisotopic (exact) mass is 480 g/mol. The summed E-state index contributed by atoms with van der Waals surface area (Å²) in [6.07, 6.45) is 6.63. The van der Waals surface area contributed by atoms with E-state index in [2.05, 4.69) is 24.8 Å². The van der Waals surface area contributed by atoms with Gasteiger partial charge in [0, 0.05) is 83.8 Å². The molecule has 5 rings (SSSR count). The van der Waals surface area contributed by atoms with Crippen molar-refractivity contribution in [2.75, 3.05) is 62.2 Å². The van der Waals surface area contributed by atoms with Crippen LogP contribution in [0.5, 0.6) is 0 Å². The number of hydrogen-bond acceptors (Lipinski definition) is 9. The van der Waals surface area contributed by atoms with Crippen LogP contribution in [0.4, 0.5) is 11.1 Å². The molecule has 0 unspecified atom stereocenters. The van der Waals surface area contributed by atoms with Gasteiger partial charge in [-0.15, -0.1) is 0 Å². The lowest BCUT2D eigenvalue weighted by Crippen LogP contribution is -2.49. The Labute approximate surface area is 202 Å². The molecule has 0 saturated carbocycles. The highest BCUT2D eigenvalue weighted by molar-refractivity contribution is 7.21. The number of pyridine rings is 1. The van der Waals surface area contributed by atoms with Crippen molar-refractivity contribution >= 4 is 44.6 Å². The van der Waals surface area contributed by atoms with Gasteiger partial charge in [0.2, 0.25) is 17.8 Å². The minimum Gasteiger partial charge on any atom is -0.346 e. The Hall–Kier alpha value is -3.34. The molecule has 0 aromatic carbocycles. The molecule has 11 heteroatoms. The van der Waals surface area contributed by atoms with Crippen molar-refractivity contribution in [1.82, 2.24) is 29.7 Å². The molecule has 0 spiro atoms. The molecule has 10 nitrogen and oxygen atoms in total. The number of fused-ring (bicyclic) bond motifs is 1. The predicted molar refractivity (Wildman–Crippen MR) is 131 cm³/mol. The van der Waals surface area contributed by atoms with Gasteiger partial charge < -0.3 is 19.6 Å². The van der Waals surface area contributed by atoms with E-state index in [9.17, 15) is 9.59 Å². The average Bonchev–Trinajstić information content (AvgIpc) is 3.17. The summed E-state index contributed by atoms with van der Waals surface area (Å²) in [7, 11) is 0. The van der Waals surface area contributed by atoms with Crippen molar-refractivity contribution in [2.45, 2.75) is 19.3 Å². The third-order valence-corrected chi connectivity index (χ3v) is 7.33. The van der Waals surface area contributed by atoms with Crippen LogP contribution in [0.3, 0.4) is 0 Å². The molecule has 34 heavy (non-hydrogen) atoms. The molecule has 178 valence electrons. The van der Waals surface area contributed by atoms with Gasteiger partial charge in [-0.1, -0.05) is 11.3 Å². The van der Waals surface area contributed by atoms with Crippen molar-refractivity contribution in [1.29, 1.82) is 0 Å². The number of hydrogen-bond donors (Lipinski definition) is 0. The summed E-state index contributed by atoms with van der Waals surface area (Å²) in [5.41, 5.74) is 0.912.